The Morgan fingerprint density at radius 3 is 2.88 bits per heavy atom. The molecule has 0 bridgehead atoms. The minimum atomic E-state index is 0.197. The van der Waals surface area contributed by atoms with Crippen LogP contribution in [0.1, 0.15) is 37.1 Å². The average molecular weight is 228 g/mol. The molecule has 0 unspecified atom stereocenters. The quantitative estimate of drug-likeness (QED) is 0.809. The Bertz CT molecular complexity index is 594. The van der Waals surface area contributed by atoms with Gasteiger partial charge in [-0.15, -0.1) is 0 Å². The zero-order valence-electron chi connectivity index (χ0n) is 10.2. The summed E-state index contributed by atoms with van der Waals surface area (Å²) in [5.41, 5.74) is 3.25. The number of imidazole rings is 1. The van der Waals surface area contributed by atoms with E-state index in [2.05, 4.69) is 17.7 Å². The van der Waals surface area contributed by atoms with Crippen molar-refractivity contribution in [1.29, 1.82) is 0 Å². The van der Waals surface area contributed by atoms with Crippen LogP contribution in [-0.2, 0) is 18.3 Å². The Morgan fingerprint density at radius 1 is 1.47 bits per heavy atom. The molecule has 1 aromatic heterocycles. The number of aryl methyl sites for hydroxylation is 1. The van der Waals surface area contributed by atoms with Crippen LogP contribution in [-0.4, -0.2) is 15.3 Å². The fourth-order valence-electron chi connectivity index (χ4n) is 2.37. The molecule has 1 aliphatic carbocycles. The van der Waals surface area contributed by atoms with Gasteiger partial charge in [0.1, 0.15) is 11.6 Å². The molecule has 3 nitrogen and oxygen atoms in total. The maximum absolute atomic E-state index is 11.1. The van der Waals surface area contributed by atoms with Crippen molar-refractivity contribution in [3.63, 3.8) is 0 Å². The SMILES string of the molecule is CC(=O)Cc1ccc2c(c1)nc(C1CC1)n2C. The molecule has 2 aromatic rings. The minimum Gasteiger partial charge on any atom is -0.331 e. The largest absolute Gasteiger partial charge is 0.331 e. The molecular weight excluding hydrogens is 212 g/mol. The number of hydrogen-bond acceptors (Lipinski definition) is 2. The van der Waals surface area contributed by atoms with E-state index in [4.69, 9.17) is 4.98 Å². The Kier molecular flexibility index (Phi) is 2.28. The molecule has 1 aromatic carbocycles. The summed E-state index contributed by atoms with van der Waals surface area (Å²) in [5, 5.41) is 0. The molecule has 0 amide bonds. The van der Waals surface area contributed by atoms with Gasteiger partial charge in [0.25, 0.3) is 0 Å². The summed E-state index contributed by atoms with van der Waals surface area (Å²) in [6.07, 6.45) is 3.03. The molecular formula is C14H16N2O. The smallest absolute Gasteiger partial charge is 0.134 e. The third-order valence-corrected chi connectivity index (χ3v) is 3.38. The summed E-state index contributed by atoms with van der Waals surface area (Å²) in [5.74, 6) is 2.05. The molecule has 0 atom stereocenters. The molecule has 1 fully saturated rings. The third kappa shape index (κ3) is 1.86. The summed E-state index contributed by atoms with van der Waals surface area (Å²) < 4.78 is 2.19. The van der Waals surface area contributed by atoms with Gasteiger partial charge in [0.2, 0.25) is 0 Å². The van der Waals surface area contributed by atoms with Crippen molar-refractivity contribution in [3.05, 3.63) is 29.6 Å². The van der Waals surface area contributed by atoms with E-state index in [9.17, 15) is 4.79 Å². The molecule has 88 valence electrons. The molecule has 3 rings (SSSR count). The number of carbonyl (C=O) groups is 1. The van der Waals surface area contributed by atoms with Crippen molar-refractivity contribution in [1.82, 2.24) is 9.55 Å². The second-order valence-electron chi connectivity index (χ2n) is 5.01. The molecule has 17 heavy (non-hydrogen) atoms. The van der Waals surface area contributed by atoms with Crippen molar-refractivity contribution in [2.45, 2.75) is 32.1 Å². The molecule has 0 spiro atoms. The standard InChI is InChI=1S/C14H16N2O/c1-9(17)7-10-3-6-13-12(8-10)15-14(16(13)2)11-4-5-11/h3,6,8,11H,4-5,7H2,1-2H3. The van der Waals surface area contributed by atoms with Crippen molar-refractivity contribution in [3.8, 4) is 0 Å². The van der Waals surface area contributed by atoms with Gasteiger partial charge < -0.3 is 4.57 Å². The van der Waals surface area contributed by atoms with Gasteiger partial charge in [-0.1, -0.05) is 6.07 Å². The highest BCUT2D eigenvalue weighted by Crippen LogP contribution is 2.40. The van der Waals surface area contributed by atoms with E-state index in [0.29, 0.717) is 12.3 Å². The van der Waals surface area contributed by atoms with Gasteiger partial charge in [0.05, 0.1) is 11.0 Å². The third-order valence-electron chi connectivity index (χ3n) is 3.38. The van der Waals surface area contributed by atoms with Gasteiger partial charge in [-0.3, -0.25) is 4.79 Å². The Morgan fingerprint density at radius 2 is 2.24 bits per heavy atom. The van der Waals surface area contributed by atoms with Gasteiger partial charge in [0.15, 0.2) is 0 Å². The highest BCUT2D eigenvalue weighted by Gasteiger charge is 2.28. The van der Waals surface area contributed by atoms with Gasteiger partial charge in [-0.2, -0.15) is 0 Å². The van der Waals surface area contributed by atoms with E-state index in [0.717, 1.165) is 11.1 Å². The number of rotatable bonds is 3. The van der Waals surface area contributed by atoms with E-state index in [1.165, 1.54) is 24.2 Å². The zero-order valence-corrected chi connectivity index (χ0v) is 10.2. The topological polar surface area (TPSA) is 34.9 Å². The molecule has 0 radical (unpaired) electrons. The van der Waals surface area contributed by atoms with Crippen molar-refractivity contribution < 1.29 is 4.79 Å². The first-order chi connectivity index (χ1) is 8.15. The number of Topliss-reactive ketones (excluding diaryl/α,β-unsaturated/α-hetero) is 1. The summed E-state index contributed by atoms with van der Waals surface area (Å²) in [6.45, 7) is 1.62. The highest BCUT2D eigenvalue weighted by molar-refractivity contribution is 5.82. The Labute approximate surface area is 100 Å². The monoisotopic (exact) mass is 228 g/mol. The van der Waals surface area contributed by atoms with Crippen LogP contribution in [0.25, 0.3) is 11.0 Å². The van der Waals surface area contributed by atoms with Crippen molar-refractivity contribution in [2.75, 3.05) is 0 Å². The normalized spacial score (nSPS) is 15.4. The van der Waals surface area contributed by atoms with E-state index in [-0.39, 0.29) is 5.78 Å². The van der Waals surface area contributed by atoms with Crippen LogP contribution < -0.4 is 0 Å². The highest BCUT2D eigenvalue weighted by atomic mass is 16.1. The summed E-state index contributed by atoms with van der Waals surface area (Å²) in [6, 6.07) is 6.15. The lowest BCUT2D eigenvalue weighted by Crippen LogP contribution is -1.96. The van der Waals surface area contributed by atoms with Crippen LogP contribution in [0.2, 0.25) is 0 Å². The van der Waals surface area contributed by atoms with Crippen LogP contribution in [0.4, 0.5) is 0 Å². The average Bonchev–Trinajstić information content (AvgIpc) is 3.04. The van der Waals surface area contributed by atoms with Crippen molar-refractivity contribution >= 4 is 16.8 Å². The molecule has 1 heterocycles. The van der Waals surface area contributed by atoms with Gasteiger partial charge in [-0.05, 0) is 37.5 Å². The molecule has 3 heteroatoms. The molecule has 0 aliphatic heterocycles. The minimum absolute atomic E-state index is 0.197. The van der Waals surface area contributed by atoms with E-state index in [1.54, 1.807) is 6.92 Å². The summed E-state index contributed by atoms with van der Waals surface area (Å²) in [7, 11) is 2.08. The van der Waals surface area contributed by atoms with Crippen LogP contribution in [0.3, 0.4) is 0 Å². The van der Waals surface area contributed by atoms with Gasteiger partial charge in [-0.25, -0.2) is 4.98 Å². The predicted molar refractivity (Wildman–Crippen MR) is 67.1 cm³/mol. The Balaban J connectivity index is 2.07. The summed E-state index contributed by atoms with van der Waals surface area (Å²) in [4.78, 5) is 15.8. The van der Waals surface area contributed by atoms with E-state index < -0.39 is 0 Å². The lowest BCUT2D eigenvalue weighted by atomic mass is 10.1. The van der Waals surface area contributed by atoms with Gasteiger partial charge >= 0.3 is 0 Å². The van der Waals surface area contributed by atoms with Crippen LogP contribution >= 0.6 is 0 Å². The zero-order chi connectivity index (χ0) is 12.0. The maximum Gasteiger partial charge on any atom is 0.134 e. The summed E-state index contributed by atoms with van der Waals surface area (Å²) >= 11 is 0. The molecule has 0 saturated heterocycles. The number of ketones is 1. The second-order valence-corrected chi connectivity index (χ2v) is 5.01. The fourth-order valence-corrected chi connectivity index (χ4v) is 2.37. The molecule has 1 aliphatic rings. The molecule has 0 N–H and O–H groups in total. The Hall–Kier alpha value is -1.64. The van der Waals surface area contributed by atoms with Crippen LogP contribution in [0.15, 0.2) is 18.2 Å². The first-order valence-corrected chi connectivity index (χ1v) is 6.10. The lowest BCUT2D eigenvalue weighted by molar-refractivity contribution is -0.116. The van der Waals surface area contributed by atoms with Crippen LogP contribution in [0.5, 0.6) is 0 Å². The van der Waals surface area contributed by atoms with Crippen molar-refractivity contribution in [2.24, 2.45) is 7.05 Å². The predicted octanol–water partition coefficient (Wildman–Crippen LogP) is 2.58. The van der Waals surface area contributed by atoms with E-state index >= 15 is 0 Å². The maximum atomic E-state index is 11.1. The number of benzene rings is 1. The molecule has 1 saturated carbocycles. The van der Waals surface area contributed by atoms with Crippen LogP contribution in [0, 0.1) is 0 Å². The van der Waals surface area contributed by atoms with Gasteiger partial charge in [0, 0.05) is 19.4 Å². The fraction of sp³-hybridized carbons (Fsp3) is 0.429. The number of nitrogens with zero attached hydrogens (tertiary/aromatic N) is 2. The first kappa shape index (κ1) is 10.5. The first-order valence-electron chi connectivity index (χ1n) is 6.10. The second kappa shape index (κ2) is 3.69. The lowest BCUT2D eigenvalue weighted by Gasteiger charge is -2.00. The number of fused-ring (bicyclic) bond motifs is 1. The number of hydrogen-bond donors (Lipinski definition) is 0. The number of carbonyl (C=O) groups excluding carboxylic acids is 1. The van der Waals surface area contributed by atoms with E-state index in [1.807, 2.05) is 12.1 Å². The number of aromatic nitrogens is 2.